The van der Waals surface area contributed by atoms with Gasteiger partial charge in [0.15, 0.2) is 0 Å². The summed E-state index contributed by atoms with van der Waals surface area (Å²) in [5, 5.41) is 11.8. The summed E-state index contributed by atoms with van der Waals surface area (Å²) in [4.78, 5) is 13.1. The molecule has 1 rings (SSSR count). The third kappa shape index (κ3) is 2.79. The zero-order chi connectivity index (χ0) is 8.81. The Balaban J connectivity index is 2.32. The number of rotatable bonds is 2. The summed E-state index contributed by atoms with van der Waals surface area (Å²) in [7, 11) is 0. The smallest absolute Gasteiger partial charge is 0.224 e. The second-order valence-electron chi connectivity index (χ2n) is 2.96. The standard InChI is InChI=1S/C8H16N2O2/c11-7-2-8(12)10-5-1-3-9-4-6-10/h9,11H,1-7H2. The molecule has 0 radical (unpaired) electrons. The van der Waals surface area contributed by atoms with Crippen molar-refractivity contribution in [1.82, 2.24) is 10.2 Å². The third-order valence-corrected chi connectivity index (χ3v) is 2.02. The SMILES string of the molecule is O=C(CCO)N1CCCNCC1. The number of carbonyl (C=O) groups excluding carboxylic acids is 1. The molecule has 0 spiro atoms. The maximum atomic E-state index is 11.3. The molecule has 0 saturated carbocycles. The molecule has 0 atom stereocenters. The second kappa shape index (κ2) is 5.11. The van der Waals surface area contributed by atoms with Crippen LogP contribution in [0.4, 0.5) is 0 Å². The zero-order valence-electron chi connectivity index (χ0n) is 7.25. The van der Waals surface area contributed by atoms with Gasteiger partial charge in [0.2, 0.25) is 5.91 Å². The van der Waals surface area contributed by atoms with Crippen LogP contribution in [-0.4, -0.2) is 48.7 Å². The predicted octanol–water partition coefficient (Wildman–Crippen LogP) is -0.809. The highest BCUT2D eigenvalue weighted by atomic mass is 16.3. The van der Waals surface area contributed by atoms with Crippen LogP contribution < -0.4 is 5.32 Å². The van der Waals surface area contributed by atoms with Gasteiger partial charge in [-0.25, -0.2) is 0 Å². The summed E-state index contributed by atoms with van der Waals surface area (Å²) < 4.78 is 0. The Morgan fingerprint density at radius 3 is 3.00 bits per heavy atom. The number of nitrogens with zero attached hydrogens (tertiary/aromatic N) is 1. The average molecular weight is 172 g/mol. The highest BCUT2D eigenvalue weighted by molar-refractivity contribution is 5.76. The van der Waals surface area contributed by atoms with Crippen LogP contribution in [0.3, 0.4) is 0 Å². The lowest BCUT2D eigenvalue weighted by molar-refractivity contribution is -0.131. The van der Waals surface area contributed by atoms with Gasteiger partial charge in [-0.05, 0) is 13.0 Å². The van der Waals surface area contributed by atoms with Gasteiger partial charge in [0.05, 0.1) is 6.61 Å². The highest BCUT2D eigenvalue weighted by Crippen LogP contribution is 1.98. The van der Waals surface area contributed by atoms with Gasteiger partial charge in [-0.2, -0.15) is 0 Å². The number of aliphatic hydroxyl groups excluding tert-OH is 1. The summed E-state index contributed by atoms with van der Waals surface area (Å²) in [5.41, 5.74) is 0. The van der Waals surface area contributed by atoms with Crippen LogP contribution >= 0.6 is 0 Å². The minimum absolute atomic E-state index is 0.0389. The molecule has 4 heteroatoms. The van der Waals surface area contributed by atoms with E-state index in [2.05, 4.69) is 5.32 Å². The van der Waals surface area contributed by atoms with E-state index in [1.807, 2.05) is 4.90 Å². The summed E-state index contributed by atoms with van der Waals surface area (Å²) in [6, 6.07) is 0. The number of nitrogens with one attached hydrogen (secondary N) is 1. The molecule has 1 aliphatic rings. The van der Waals surface area contributed by atoms with Crippen LogP contribution in [0, 0.1) is 0 Å². The maximum Gasteiger partial charge on any atom is 0.224 e. The number of aliphatic hydroxyl groups is 1. The van der Waals surface area contributed by atoms with Crippen molar-refractivity contribution in [1.29, 1.82) is 0 Å². The fraction of sp³-hybridized carbons (Fsp3) is 0.875. The second-order valence-corrected chi connectivity index (χ2v) is 2.96. The summed E-state index contributed by atoms with van der Waals surface area (Å²) in [6.07, 6.45) is 1.27. The van der Waals surface area contributed by atoms with Crippen molar-refractivity contribution in [2.45, 2.75) is 12.8 Å². The number of carbonyl (C=O) groups is 1. The Bertz CT molecular complexity index is 142. The number of hydrogen-bond acceptors (Lipinski definition) is 3. The van der Waals surface area contributed by atoms with Crippen molar-refractivity contribution in [2.75, 3.05) is 32.8 Å². The summed E-state index contributed by atoms with van der Waals surface area (Å²) in [6.45, 7) is 3.42. The predicted molar refractivity (Wildman–Crippen MR) is 45.8 cm³/mol. The van der Waals surface area contributed by atoms with Gasteiger partial charge in [0.25, 0.3) is 0 Å². The molecule has 1 fully saturated rings. The molecule has 1 saturated heterocycles. The van der Waals surface area contributed by atoms with Crippen LogP contribution in [0.1, 0.15) is 12.8 Å². The lowest BCUT2D eigenvalue weighted by atomic mass is 10.3. The van der Waals surface area contributed by atoms with Crippen molar-refractivity contribution in [2.24, 2.45) is 0 Å². The van der Waals surface area contributed by atoms with E-state index < -0.39 is 0 Å². The Labute approximate surface area is 72.6 Å². The van der Waals surface area contributed by atoms with Gasteiger partial charge >= 0.3 is 0 Å². The van der Waals surface area contributed by atoms with Gasteiger partial charge in [-0.3, -0.25) is 4.79 Å². The Hall–Kier alpha value is -0.610. The molecule has 1 heterocycles. The van der Waals surface area contributed by atoms with Crippen molar-refractivity contribution < 1.29 is 9.90 Å². The molecular formula is C8H16N2O2. The molecule has 1 amide bonds. The van der Waals surface area contributed by atoms with E-state index in [0.717, 1.165) is 32.6 Å². The minimum Gasteiger partial charge on any atom is -0.396 e. The first kappa shape index (κ1) is 9.48. The van der Waals surface area contributed by atoms with E-state index >= 15 is 0 Å². The van der Waals surface area contributed by atoms with E-state index in [4.69, 9.17) is 5.11 Å². The molecule has 70 valence electrons. The Morgan fingerprint density at radius 2 is 2.25 bits per heavy atom. The minimum atomic E-state index is -0.0389. The molecule has 0 aromatic carbocycles. The van der Waals surface area contributed by atoms with Crippen LogP contribution in [0.25, 0.3) is 0 Å². The number of amides is 1. The van der Waals surface area contributed by atoms with Gasteiger partial charge in [-0.15, -0.1) is 0 Å². The monoisotopic (exact) mass is 172 g/mol. The van der Waals surface area contributed by atoms with Gasteiger partial charge in [0.1, 0.15) is 0 Å². The summed E-state index contributed by atoms with van der Waals surface area (Å²) >= 11 is 0. The largest absolute Gasteiger partial charge is 0.396 e. The molecule has 0 aromatic heterocycles. The molecule has 0 unspecified atom stereocenters. The van der Waals surface area contributed by atoms with E-state index in [9.17, 15) is 4.79 Å². The lowest BCUT2D eigenvalue weighted by Gasteiger charge is -2.19. The quantitative estimate of drug-likeness (QED) is 0.573. The van der Waals surface area contributed by atoms with Gasteiger partial charge in [-0.1, -0.05) is 0 Å². The average Bonchev–Trinajstić information content (AvgIpc) is 2.32. The maximum absolute atomic E-state index is 11.3. The van der Waals surface area contributed by atoms with E-state index in [0.29, 0.717) is 0 Å². The molecule has 2 N–H and O–H groups in total. The van der Waals surface area contributed by atoms with Crippen molar-refractivity contribution in [3.05, 3.63) is 0 Å². The molecule has 4 nitrogen and oxygen atoms in total. The first-order chi connectivity index (χ1) is 5.84. The first-order valence-corrected chi connectivity index (χ1v) is 4.44. The molecule has 1 aliphatic heterocycles. The highest BCUT2D eigenvalue weighted by Gasteiger charge is 2.13. The van der Waals surface area contributed by atoms with Gasteiger partial charge < -0.3 is 15.3 Å². The Morgan fingerprint density at radius 1 is 1.42 bits per heavy atom. The van der Waals surface area contributed by atoms with Crippen molar-refractivity contribution >= 4 is 5.91 Å². The lowest BCUT2D eigenvalue weighted by Crippen LogP contribution is -2.34. The van der Waals surface area contributed by atoms with Crippen molar-refractivity contribution in [3.8, 4) is 0 Å². The molecule has 0 bridgehead atoms. The third-order valence-electron chi connectivity index (χ3n) is 2.02. The molecule has 0 aliphatic carbocycles. The molecule has 12 heavy (non-hydrogen) atoms. The summed E-state index contributed by atoms with van der Waals surface area (Å²) in [5.74, 6) is 0.0706. The topological polar surface area (TPSA) is 52.6 Å². The first-order valence-electron chi connectivity index (χ1n) is 4.44. The van der Waals surface area contributed by atoms with Gasteiger partial charge in [0, 0.05) is 26.1 Å². The van der Waals surface area contributed by atoms with E-state index in [-0.39, 0.29) is 18.9 Å². The van der Waals surface area contributed by atoms with Crippen LogP contribution in [0.5, 0.6) is 0 Å². The Kier molecular flexibility index (Phi) is 4.04. The van der Waals surface area contributed by atoms with Crippen LogP contribution in [0.15, 0.2) is 0 Å². The van der Waals surface area contributed by atoms with E-state index in [1.54, 1.807) is 0 Å². The fourth-order valence-corrected chi connectivity index (χ4v) is 1.35. The van der Waals surface area contributed by atoms with Crippen molar-refractivity contribution in [3.63, 3.8) is 0 Å². The zero-order valence-corrected chi connectivity index (χ0v) is 7.25. The van der Waals surface area contributed by atoms with Crippen LogP contribution in [-0.2, 0) is 4.79 Å². The van der Waals surface area contributed by atoms with Crippen LogP contribution in [0.2, 0.25) is 0 Å². The molecule has 0 aromatic rings. The normalized spacial score (nSPS) is 18.9. The fourth-order valence-electron chi connectivity index (χ4n) is 1.35. The number of hydrogen-bond donors (Lipinski definition) is 2. The molecular weight excluding hydrogens is 156 g/mol. The van der Waals surface area contributed by atoms with E-state index in [1.165, 1.54) is 0 Å².